The molecule has 0 saturated carbocycles. The average molecular weight is 341 g/mol. The number of hydrogen-bond acceptors (Lipinski definition) is 3. The van der Waals surface area contributed by atoms with Crippen LogP contribution in [0.1, 0.15) is 22.9 Å². The van der Waals surface area contributed by atoms with Gasteiger partial charge in [-0.25, -0.2) is 0 Å². The lowest BCUT2D eigenvalue weighted by molar-refractivity contribution is 0.153. The summed E-state index contributed by atoms with van der Waals surface area (Å²) >= 11 is 6.39. The van der Waals surface area contributed by atoms with Gasteiger partial charge in [-0.15, -0.1) is 12.4 Å². The van der Waals surface area contributed by atoms with Crippen molar-refractivity contribution in [2.24, 2.45) is 7.05 Å². The van der Waals surface area contributed by atoms with Crippen molar-refractivity contribution < 1.29 is 0 Å². The van der Waals surface area contributed by atoms with Gasteiger partial charge < -0.3 is 5.32 Å². The van der Waals surface area contributed by atoms with Gasteiger partial charge in [0.2, 0.25) is 0 Å². The number of aromatic nitrogens is 2. The second kappa shape index (κ2) is 7.47. The van der Waals surface area contributed by atoms with Gasteiger partial charge in [-0.05, 0) is 18.6 Å². The van der Waals surface area contributed by atoms with Crippen LogP contribution in [-0.4, -0.2) is 34.3 Å². The van der Waals surface area contributed by atoms with E-state index in [0.29, 0.717) is 6.04 Å². The van der Waals surface area contributed by atoms with E-state index in [2.05, 4.69) is 40.6 Å². The SMILES string of the molecule is Cc1nn(C)cc1CN1CCNCC1c1ccccc1Cl.Cl. The zero-order valence-corrected chi connectivity index (χ0v) is 14.5. The molecule has 2 aromatic rings. The Morgan fingerprint density at radius 1 is 1.36 bits per heavy atom. The number of aryl methyl sites for hydroxylation is 2. The van der Waals surface area contributed by atoms with Crippen LogP contribution >= 0.6 is 24.0 Å². The van der Waals surface area contributed by atoms with E-state index >= 15 is 0 Å². The van der Waals surface area contributed by atoms with Gasteiger partial charge in [0.15, 0.2) is 0 Å². The Labute approximate surface area is 142 Å². The van der Waals surface area contributed by atoms with Gasteiger partial charge in [0.05, 0.1) is 5.69 Å². The second-order valence-electron chi connectivity index (χ2n) is 5.63. The van der Waals surface area contributed by atoms with Gasteiger partial charge in [0.25, 0.3) is 0 Å². The number of halogens is 2. The molecule has 1 atom stereocenters. The zero-order chi connectivity index (χ0) is 14.8. The van der Waals surface area contributed by atoms with E-state index in [1.165, 1.54) is 11.1 Å². The summed E-state index contributed by atoms with van der Waals surface area (Å²) in [6.07, 6.45) is 2.11. The summed E-state index contributed by atoms with van der Waals surface area (Å²) in [6.45, 7) is 5.95. The normalized spacial score (nSPS) is 19.0. The van der Waals surface area contributed by atoms with Crippen molar-refractivity contribution in [2.45, 2.75) is 19.5 Å². The number of piperazine rings is 1. The van der Waals surface area contributed by atoms with E-state index in [9.17, 15) is 0 Å². The molecule has 0 spiro atoms. The smallest absolute Gasteiger partial charge is 0.0638 e. The first-order valence-corrected chi connectivity index (χ1v) is 7.71. The minimum absolute atomic E-state index is 0. The fourth-order valence-electron chi connectivity index (χ4n) is 3.01. The van der Waals surface area contributed by atoms with Gasteiger partial charge in [0.1, 0.15) is 0 Å². The van der Waals surface area contributed by atoms with Crippen LogP contribution in [0.5, 0.6) is 0 Å². The summed E-state index contributed by atoms with van der Waals surface area (Å²) in [5.74, 6) is 0. The Morgan fingerprint density at radius 2 is 2.14 bits per heavy atom. The molecule has 120 valence electrons. The van der Waals surface area contributed by atoms with Crippen LogP contribution in [0.3, 0.4) is 0 Å². The third kappa shape index (κ3) is 3.63. The molecule has 1 saturated heterocycles. The molecule has 1 N–H and O–H groups in total. The van der Waals surface area contributed by atoms with Crippen LogP contribution in [0.15, 0.2) is 30.5 Å². The maximum Gasteiger partial charge on any atom is 0.0638 e. The number of benzene rings is 1. The molecule has 1 unspecified atom stereocenters. The standard InChI is InChI=1S/C16H21ClN4.ClH/c1-12-13(10-20(2)19-12)11-21-8-7-18-9-16(21)14-5-3-4-6-15(14)17;/h3-6,10,16,18H,7-9,11H2,1-2H3;1H. The topological polar surface area (TPSA) is 33.1 Å². The molecule has 1 fully saturated rings. The Hall–Kier alpha value is -1.07. The molecule has 4 nitrogen and oxygen atoms in total. The van der Waals surface area contributed by atoms with Gasteiger partial charge in [-0.2, -0.15) is 5.10 Å². The highest BCUT2D eigenvalue weighted by Gasteiger charge is 2.26. The molecule has 3 rings (SSSR count). The van der Waals surface area contributed by atoms with Crippen LogP contribution in [0.4, 0.5) is 0 Å². The average Bonchev–Trinajstić information content (AvgIpc) is 2.78. The summed E-state index contributed by atoms with van der Waals surface area (Å²) in [7, 11) is 1.97. The summed E-state index contributed by atoms with van der Waals surface area (Å²) in [4.78, 5) is 2.49. The van der Waals surface area contributed by atoms with E-state index in [-0.39, 0.29) is 12.4 Å². The molecule has 0 radical (unpaired) electrons. The summed E-state index contributed by atoms with van der Waals surface area (Å²) in [6, 6.07) is 8.45. The molecule has 0 bridgehead atoms. The van der Waals surface area contributed by atoms with Gasteiger partial charge >= 0.3 is 0 Å². The molecule has 6 heteroatoms. The first kappa shape index (κ1) is 17.3. The van der Waals surface area contributed by atoms with Crippen LogP contribution in [-0.2, 0) is 13.6 Å². The van der Waals surface area contributed by atoms with Crippen molar-refractivity contribution in [3.63, 3.8) is 0 Å². The minimum atomic E-state index is 0. The molecule has 0 aliphatic carbocycles. The number of nitrogens with one attached hydrogen (secondary N) is 1. The Kier molecular flexibility index (Phi) is 5.87. The fourth-order valence-corrected chi connectivity index (χ4v) is 3.27. The zero-order valence-electron chi connectivity index (χ0n) is 12.9. The predicted molar refractivity (Wildman–Crippen MR) is 92.7 cm³/mol. The molecule has 22 heavy (non-hydrogen) atoms. The highest BCUT2D eigenvalue weighted by Crippen LogP contribution is 2.29. The first-order valence-electron chi connectivity index (χ1n) is 7.33. The molecular weight excluding hydrogens is 319 g/mol. The molecule has 0 amide bonds. The predicted octanol–water partition coefficient (Wildman–Crippen LogP) is 2.95. The largest absolute Gasteiger partial charge is 0.314 e. The molecule has 2 heterocycles. The number of hydrogen-bond donors (Lipinski definition) is 1. The lowest BCUT2D eigenvalue weighted by atomic mass is 10.0. The lowest BCUT2D eigenvalue weighted by Gasteiger charge is -2.36. The number of nitrogens with zero attached hydrogens (tertiary/aromatic N) is 3. The quantitative estimate of drug-likeness (QED) is 0.932. The molecule has 1 aliphatic rings. The second-order valence-corrected chi connectivity index (χ2v) is 6.03. The fraction of sp³-hybridized carbons (Fsp3) is 0.438. The molecular formula is C16H22Cl2N4. The van der Waals surface area contributed by atoms with Crippen molar-refractivity contribution in [1.82, 2.24) is 20.0 Å². The van der Waals surface area contributed by atoms with Gasteiger partial charge in [-0.3, -0.25) is 9.58 Å². The minimum Gasteiger partial charge on any atom is -0.314 e. The molecule has 1 aromatic heterocycles. The van der Waals surface area contributed by atoms with Crippen molar-refractivity contribution in [1.29, 1.82) is 0 Å². The van der Waals surface area contributed by atoms with Crippen LogP contribution < -0.4 is 5.32 Å². The van der Waals surface area contributed by atoms with Crippen LogP contribution in [0.2, 0.25) is 5.02 Å². The van der Waals surface area contributed by atoms with Gasteiger partial charge in [-0.1, -0.05) is 29.8 Å². The number of rotatable bonds is 3. The highest BCUT2D eigenvalue weighted by molar-refractivity contribution is 6.31. The van der Waals surface area contributed by atoms with E-state index < -0.39 is 0 Å². The Bertz CT molecular complexity index is 626. The maximum atomic E-state index is 6.39. The molecule has 1 aromatic carbocycles. The highest BCUT2D eigenvalue weighted by atomic mass is 35.5. The molecule has 1 aliphatic heterocycles. The summed E-state index contributed by atoms with van der Waals surface area (Å²) in [5.41, 5.74) is 3.60. The van der Waals surface area contributed by atoms with Crippen molar-refractivity contribution in [2.75, 3.05) is 19.6 Å². The van der Waals surface area contributed by atoms with Crippen molar-refractivity contribution in [3.05, 3.63) is 52.3 Å². The maximum absolute atomic E-state index is 6.39. The third-order valence-corrected chi connectivity index (χ3v) is 4.45. The van der Waals surface area contributed by atoms with E-state index in [1.54, 1.807) is 0 Å². The van der Waals surface area contributed by atoms with Crippen molar-refractivity contribution in [3.8, 4) is 0 Å². The van der Waals surface area contributed by atoms with Gasteiger partial charge in [0, 0.05) is 56.1 Å². The van der Waals surface area contributed by atoms with Crippen LogP contribution in [0.25, 0.3) is 0 Å². The Morgan fingerprint density at radius 3 is 2.82 bits per heavy atom. The van der Waals surface area contributed by atoms with Crippen LogP contribution in [0, 0.1) is 6.92 Å². The van der Waals surface area contributed by atoms with E-state index in [0.717, 1.165) is 36.9 Å². The van der Waals surface area contributed by atoms with Crippen molar-refractivity contribution >= 4 is 24.0 Å². The monoisotopic (exact) mass is 340 g/mol. The summed E-state index contributed by atoms with van der Waals surface area (Å²) < 4.78 is 1.89. The third-order valence-electron chi connectivity index (χ3n) is 4.11. The van der Waals surface area contributed by atoms with E-state index in [4.69, 9.17) is 11.6 Å². The Balaban J connectivity index is 0.00000176. The first-order chi connectivity index (χ1) is 10.1. The summed E-state index contributed by atoms with van der Waals surface area (Å²) in [5, 5.41) is 8.76. The van der Waals surface area contributed by atoms with E-state index in [1.807, 2.05) is 23.9 Å². The lowest BCUT2D eigenvalue weighted by Crippen LogP contribution is -2.45.